The molecular weight excluding hydrogens is 270 g/mol. The van der Waals surface area contributed by atoms with Gasteiger partial charge in [0.05, 0.1) is 5.75 Å². The van der Waals surface area contributed by atoms with E-state index < -0.39 is 10.0 Å². The lowest BCUT2D eigenvalue weighted by Crippen LogP contribution is -2.59. The summed E-state index contributed by atoms with van der Waals surface area (Å²) in [5, 5.41) is 0. The van der Waals surface area contributed by atoms with E-state index in [4.69, 9.17) is 0 Å². The molecule has 5 rings (SSSR count). The van der Waals surface area contributed by atoms with Crippen molar-refractivity contribution in [2.45, 2.75) is 49.9 Å². The molecule has 4 aliphatic rings. The van der Waals surface area contributed by atoms with Crippen molar-refractivity contribution in [1.82, 2.24) is 4.31 Å². The molecule has 108 valence electrons. The number of hydrogen-bond donors (Lipinski definition) is 0. The van der Waals surface area contributed by atoms with Crippen LogP contribution in [0.4, 0.5) is 0 Å². The van der Waals surface area contributed by atoms with Gasteiger partial charge in [0.15, 0.2) is 0 Å². The van der Waals surface area contributed by atoms with Crippen LogP contribution >= 0.6 is 0 Å². The van der Waals surface area contributed by atoms with Gasteiger partial charge < -0.3 is 0 Å². The van der Waals surface area contributed by atoms with E-state index in [0.29, 0.717) is 12.1 Å². The average molecular weight is 291 g/mol. The first-order valence-electron chi connectivity index (χ1n) is 7.67. The number of hydrogen-bond acceptors (Lipinski definition) is 2. The Morgan fingerprint density at radius 2 is 1.45 bits per heavy atom. The van der Waals surface area contributed by atoms with Gasteiger partial charge in [-0.25, -0.2) is 8.42 Å². The molecular formula is C16H21NO2S. The summed E-state index contributed by atoms with van der Waals surface area (Å²) in [4.78, 5) is 0. The minimum Gasteiger partial charge on any atom is -0.212 e. The summed E-state index contributed by atoms with van der Waals surface area (Å²) in [7, 11) is -3.17. The molecule has 0 spiro atoms. The van der Waals surface area contributed by atoms with Gasteiger partial charge in [-0.3, -0.25) is 0 Å². The van der Waals surface area contributed by atoms with Crippen LogP contribution in [0.25, 0.3) is 0 Å². The lowest BCUT2D eigenvalue weighted by atomic mass is 9.65. The first kappa shape index (κ1) is 12.8. The molecule has 3 nitrogen and oxygen atoms in total. The Kier molecular flexibility index (Phi) is 2.93. The molecule has 4 fully saturated rings. The van der Waals surface area contributed by atoms with Gasteiger partial charge in [-0.15, -0.1) is 0 Å². The van der Waals surface area contributed by atoms with Crippen molar-refractivity contribution in [3.8, 4) is 0 Å². The number of rotatable bonds is 3. The van der Waals surface area contributed by atoms with E-state index in [1.807, 2.05) is 34.6 Å². The van der Waals surface area contributed by atoms with Gasteiger partial charge in [0.2, 0.25) is 10.0 Å². The van der Waals surface area contributed by atoms with Crippen molar-refractivity contribution in [2.75, 3.05) is 0 Å². The molecule has 2 aliphatic heterocycles. The summed E-state index contributed by atoms with van der Waals surface area (Å²) in [6.07, 6.45) is 5.74. The van der Waals surface area contributed by atoms with Gasteiger partial charge in [0.1, 0.15) is 0 Å². The summed E-state index contributed by atoms with van der Waals surface area (Å²) < 4.78 is 27.5. The Morgan fingerprint density at radius 3 is 2.00 bits per heavy atom. The summed E-state index contributed by atoms with van der Waals surface area (Å²) in [5.41, 5.74) is 0.904. The molecule has 2 aliphatic carbocycles. The van der Waals surface area contributed by atoms with Gasteiger partial charge in [-0.05, 0) is 49.5 Å². The number of benzene rings is 1. The first-order chi connectivity index (χ1) is 9.62. The van der Waals surface area contributed by atoms with Crippen molar-refractivity contribution >= 4 is 10.0 Å². The highest BCUT2D eigenvalue weighted by Gasteiger charge is 2.50. The molecule has 2 saturated heterocycles. The highest BCUT2D eigenvalue weighted by Crippen LogP contribution is 2.50. The molecule has 0 amide bonds. The van der Waals surface area contributed by atoms with Crippen LogP contribution in [0.1, 0.15) is 37.7 Å². The normalized spacial score (nSPS) is 36.4. The summed E-state index contributed by atoms with van der Waals surface area (Å²) in [6, 6.07) is 10.2. The smallest absolute Gasteiger partial charge is 0.212 e. The van der Waals surface area contributed by atoms with E-state index >= 15 is 0 Å². The molecule has 1 aromatic rings. The van der Waals surface area contributed by atoms with E-state index in [1.165, 1.54) is 6.42 Å². The average Bonchev–Trinajstić information content (AvgIpc) is 2.37. The SMILES string of the molecule is O=S(=O)(Cc1ccccc1)N1C2CC3CC(C2)CC1C3. The fourth-order valence-electron chi connectivity index (χ4n) is 4.81. The van der Waals surface area contributed by atoms with E-state index in [0.717, 1.165) is 43.1 Å². The maximum atomic E-state index is 12.8. The predicted octanol–water partition coefficient (Wildman–Crippen LogP) is 2.78. The van der Waals surface area contributed by atoms with Gasteiger partial charge >= 0.3 is 0 Å². The van der Waals surface area contributed by atoms with Crippen LogP contribution in [0.3, 0.4) is 0 Å². The number of sulfonamides is 1. The van der Waals surface area contributed by atoms with Crippen molar-refractivity contribution in [3.05, 3.63) is 35.9 Å². The largest absolute Gasteiger partial charge is 0.218 e. The Morgan fingerprint density at radius 1 is 0.900 bits per heavy atom. The second-order valence-electron chi connectivity index (χ2n) is 6.79. The predicted molar refractivity (Wildman–Crippen MR) is 78.5 cm³/mol. The summed E-state index contributed by atoms with van der Waals surface area (Å²) in [6.45, 7) is 0. The Hall–Kier alpha value is -0.870. The molecule has 2 heterocycles. The summed E-state index contributed by atoms with van der Waals surface area (Å²) >= 11 is 0. The minimum absolute atomic E-state index is 0.163. The fourth-order valence-corrected chi connectivity index (χ4v) is 6.82. The lowest BCUT2D eigenvalue weighted by Gasteiger charge is -2.55. The van der Waals surface area contributed by atoms with Crippen LogP contribution < -0.4 is 0 Å². The number of nitrogens with zero attached hydrogens (tertiary/aromatic N) is 1. The Bertz CT molecular complexity index is 568. The molecule has 4 heteroatoms. The molecule has 0 radical (unpaired) electrons. The Balaban J connectivity index is 1.60. The van der Waals surface area contributed by atoms with Gasteiger partial charge in [-0.2, -0.15) is 4.31 Å². The van der Waals surface area contributed by atoms with Crippen molar-refractivity contribution < 1.29 is 8.42 Å². The summed E-state index contributed by atoms with van der Waals surface area (Å²) in [5.74, 6) is 1.75. The monoisotopic (exact) mass is 291 g/mol. The third-order valence-electron chi connectivity index (χ3n) is 5.32. The standard InChI is InChI=1S/C16H21NO2S/c18-20(19,11-12-4-2-1-3-5-12)17-15-7-13-6-14(9-15)10-16(17)8-13/h1-5,13-16H,6-11H2. The van der Waals surface area contributed by atoms with Crippen LogP contribution in [-0.4, -0.2) is 24.8 Å². The third kappa shape index (κ3) is 2.09. The molecule has 2 saturated carbocycles. The second kappa shape index (κ2) is 4.57. The quantitative estimate of drug-likeness (QED) is 0.859. The van der Waals surface area contributed by atoms with Gasteiger partial charge in [0, 0.05) is 12.1 Å². The highest BCUT2D eigenvalue weighted by atomic mass is 32.2. The number of piperidine rings is 2. The van der Waals surface area contributed by atoms with Crippen LogP contribution in [0.15, 0.2) is 30.3 Å². The van der Waals surface area contributed by atoms with E-state index in [-0.39, 0.29) is 5.75 Å². The minimum atomic E-state index is -3.17. The lowest BCUT2D eigenvalue weighted by molar-refractivity contribution is -0.00714. The molecule has 1 aromatic carbocycles. The van der Waals surface area contributed by atoms with Crippen molar-refractivity contribution in [1.29, 1.82) is 0 Å². The van der Waals surface area contributed by atoms with Crippen LogP contribution in [0.5, 0.6) is 0 Å². The van der Waals surface area contributed by atoms with Gasteiger partial charge in [0.25, 0.3) is 0 Å². The molecule has 4 bridgehead atoms. The van der Waals surface area contributed by atoms with Crippen LogP contribution in [0.2, 0.25) is 0 Å². The fraction of sp³-hybridized carbons (Fsp3) is 0.625. The molecule has 20 heavy (non-hydrogen) atoms. The second-order valence-corrected chi connectivity index (χ2v) is 8.66. The third-order valence-corrected chi connectivity index (χ3v) is 7.26. The van der Waals surface area contributed by atoms with E-state index in [2.05, 4.69) is 0 Å². The zero-order valence-electron chi connectivity index (χ0n) is 11.6. The maximum absolute atomic E-state index is 12.8. The zero-order valence-corrected chi connectivity index (χ0v) is 12.4. The first-order valence-corrected chi connectivity index (χ1v) is 9.28. The zero-order chi connectivity index (χ0) is 13.7. The van der Waals surface area contributed by atoms with Crippen LogP contribution in [0, 0.1) is 11.8 Å². The van der Waals surface area contributed by atoms with Crippen molar-refractivity contribution in [3.63, 3.8) is 0 Å². The van der Waals surface area contributed by atoms with E-state index in [9.17, 15) is 8.42 Å². The van der Waals surface area contributed by atoms with Crippen LogP contribution in [-0.2, 0) is 15.8 Å². The molecule has 0 atom stereocenters. The molecule has 0 aromatic heterocycles. The molecule has 0 N–H and O–H groups in total. The van der Waals surface area contributed by atoms with Crippen molar-refractivity contribution in [2.24, 2.45) is 11.8 Å². The van der Waals surface area contributed by atoms with Gasteiger partial charge in [-0.1, -0.05) is 30.3 Å². The van der Waals surface area contributed by atoms with E-state index in [1.54, 1.807) is 0 Å². The Labute approximate surface area is 121 Å². The maximum Gasteiger partial charge on any atom is 0.218 e. The molecule has 0 unspecified atom stereocenters. The topological polar surface area (TPSA) is 37.4 Å². The highest BCUT2D eigenvalue weighted by molar-refractivity contribution is 7.88.